The lowest BCUT2D eigenvalue weighted by molar-refractivity contribution is 0.0782. The number of ether oxygens (including phenoxy) is 1. The molecule has 6 rings (SSSR count). The quantitative estimate of drug-likeness (QED) is 0.470. The number of fused-ring (bicyclic) bond motifs is 7. The normalized spacial score (nSPS) is 21.6. The van der Waals surface area contributed by atoms with E-state index in [0.29, 0.717) is 6.61 Å². The highest BCUT2D eigenvalue weighted by Crippen LogP contribution is 2.48. The van der Waals surface area contributed by atoms with Crippen LogP contribution in [0.25, 0.3) is 11.1 Å². The summed E-state index contributed by atoms with van der Waals surface area (Å²) in [5, 5.41) is 0. The number of halogens is 1. The number of hydrogen-bond acceptors (Lipinski definition) is 4. The van der Waals surface area contributed by atoms with Crippen molar-refractivity contribution in [2.24, 2.45) is 0 Å². The third kappa shape index (κ3) is 2.69. The zero-order valence-corrected chi connectivity index (χ0v) is 18.1. The number of hydrogen-bond donors (Lipinski definition) is 0. The Morgan fingerprint density at radius 2 is 1.79 bits per heavy atom. The highest BCUT2D eigenvalue weighted by atomic mass is 79.9. The Labute approximate surface area is 181 Å². The highest BCUT2D eigenvalue weighted by Gasteiger charge is 2.45. The lowest BCUT2D eigenvalue weighted by atomic mass is 9.98. The summed E-state index contributed by atoms with van der Waals surface area (Å²) in [6.45, 7) is 0.377. The Bertz CT molecular complexity index is 1080. The van der Waals surface area contributed by atoms with Gasteiger partial charge in [-0.2, -0.15) is 0 Å². The van der Waals surface area contributed by atoms with Crippen LogP contribution in [-0.2, 0) is 11.2 Å². The van der Waals surface area contributed by atoms with Gasteiger partial charge in [0.1, 0.15) is 6.61 Å². The molecule has 3 aliphatic rings. The first-order valence-corrected chi connectivity index (χ1v) is 11.6. The summed E-state index contributed by atoms with van der Waals surface area (Å²) < 4.78 is 6.85. The van der Waals surface area contributed by atoms with E-state index in [1.807, 2.05) is 4.90 Å². The van der Waals surface area contributed by atoms with Gasteiger partial charge < -0.3 is 4.74 Å². The van der Waals surface area contributed by atoms with E-state index in [9.17, 15) is 4.79 Å². The van der Waals surface area contributed by atoms with Gasteiger partial charge in [0, 0.05) is 18.4 Å². The van der Waals surface area contributed by atoms with E-state index in [4.69, 9.17) is 4.74 Å². The molecule has 1 aliphatic carbocycles. The lowest BCUT2D eigenvalue weighted by Gasteiger charge is -2.33. The summed E-state index contributed by atoms with van der Waals surface area (Å²) in [7, 11) is 0. The first-order valence-electron chi connectivity index (χ1n) is 9.99. The number of aromatic nitrogens is 1. The van der Waals surface area contributed by atoms with Crippen molar-refractivity contribution in [3.63, 3.8) is 0 Å². The van der Waals surface area contributed by atoms with E-state index < -0.39 is 0 Å². The zero-order valence-electron chi connectivity index (χ0n) is 15.7. The molecular formula is C23H19BrN2O2S. The fraction of sp³-hybridized carbons (Fsp3) is 0.304. The second-order valence-electron chi connectivity index (χ2n) is 7.94. The molecule has 1 saturated heterocycles. The van der Waals surface area contributed by atoms with Gasteiger partial charge in [0.15, 0.2) is 3.92 Å². The van der Waals surface area contributed by atoms with Crippen molar-refractivity contribution >= 4 is 33.4 Å². The monoisotopic (exact) mass is 466 g/mol. The van der Waals surface area contributed by atoms with Gasteiger partial charge >= 0.3 is 6.09 Å². The van der Waals surface area contributed by atoms with E-state index in [1.165, 1.54) is 27.1 Å². The molecule has 2 aliphatic heterocycles. The Morgan fingerprint density at radius 3 is 2.52 bits per heavy atom. The van der Waals surface area contributed by atoms with Crippen LogP contribution >= 0.6 is 27.3 Å². The number of rotatable bonds is 2. The van der Waals surface area contributed by atoms with Gasteiger partial charge in [-0.25, -0.2) is 9.78 Å². The van der Waals surface area contributed by atoms with Gasteiger partial charge in [0.25, 0.3) is 0 Å². The van der Waals surface area contributed by atoms with E-state index in [0.717, 1.165) is 28.9 Å². The maximum absolute atomic E-state index is 13.1. The molecular weight excluding hydrogens is 448 g/mol. The van der Waals surface area contributed by atoms with Crippen LogP contribution < -0.4 is 0 Å². The minimum absolute atomic E-state index is 0.0990. The molecule has 0 radical (unpaired) electrons. The zero-order chi connectivity index (χ0) is 19.5. The summed E-state index contributed by atoms with van der Waals surface area (Å²) >= 11 is 5.15. The fourth-order valence-electron chi connectivity index (χ4n) is 5.25. The van der Waals surface area contributed by atoms with Crippen LogP contribution in [0.2, 0.25) is 0 Å². The summed E-state index contributed by atoms with van der Waals surface area (Å²) in [6.07, 6.45) is 2.67. The van der Waals surface area contributed by atoms with Crippen molar-refractivity contribution in [2.45, 2.75) is 37.3 Å². The molecule has 3 heterocycles. The van der Waals surface area contributed by atoms with E-state index in [-0.39, 0.29) is 24.1 Å². The Hall–Kier alpha value is -2.18. The predicted octanol–water partition coefficient (Wildman–Crippen LogP) is 5.92. The molecule has 146 valence electrons. The van der Waals surface area contributed by atoms with E-state index in [2.05, 4.69) is 69.4 Å². The predicted molar refractivity (Wildman–Crippen MR) is 116 cm³/mol. The summed E-state index contributed by atoms with van der Waals surface area (Å²) in [6, 6.07) is 17.2. The van der Waals surface area contributed by atoms with Gasteiger partial charge in [-0.05, 0) is 51.0 Å². The fourth-order valence-corrected chi connectivity index (χ4v) is 6.94. The highest BCUT2D eigenvalue weighted by molar-refractivity contribution is 9.11. The second kappa shape index (κ2) is 6.67. The van der Waals surface area contributed by atoms with Crippen molar-refractivity contribution in [2.75, 3.05) is 6.61 Å². The number of nitrogens with zero attached hydrogens (tertiary/aromatic N) is 2. The van der Waals surface area contributed by atoms with Crippen molar-refractivity contribution in [3.8, 4) is 11.1 Å². The average Bonchev–Trinajstić information content (AvgIpc) is 3.38. The van der Waals surface area contributed by atoms with E-state index in [1.54, 1.807) is 11.3 Å². The molecule has 0 N–H and O–H groups in total. The number of amides is 1. The second-order valence-corrected chi connectivity index (χ2v) is 10.2. The van der Waals surface area contributed by atoms with Crippen LogP contribution in [0.5, 0.6) is 0 Å². The lowest BCUT2D eigenvalue weighted by Crippen LogP contribution is -2.42. The summed E-state index contributed by atoms with van der Waals surface area (Å²) in [5.74, 6) is 0.0990. The van der Waals surface area contributed by atoms with Crippen molar-refractivity contribution in [1.29, 1.82) is 0 Å². The van der Waals surface area contributed by atoms with Crippen LogP contribution in [-0.4, -0.2) is 28.6 Å². The largest absolute Gasteiger partial charge is 0.448 e. The molecule has 29 heavy (non-hydrogen) atoms. The first-order chi connectivity index (χ1) is 14.2. The molecule has 2 bridgehead atoms. The minimum atomic E-state index is -0.186. The summed E-state index contributed by atoms with van der Waals surface area (Å²) in [4.78, 5) is 20.9. The van der Waals surface area contributed by atoms with Crippen LogP contribution in [0.15, 0.2) is 52.4 Å². The molecule has 4 nitrogen and oxygen atoms in total. The molecule has 2 unspecified atom stereocenters. The first kappa shape index (κ1) is 17.7. The third-order valence-corrected chi connectivity index (χ3v) is 8.13. The van der Waals surface area contributed by atoms with Gasteiger partial charge in [0.2, 0.25) is 0 Å². The number of carbonyl (C=O) groups is 1. The molecule has 0 saturated carbocycles. The van der Waals surface area contributed by atoms with Gasteiger partial charge in [-0.15, -0.1) is 11.3 Å². The summed E-state index contributed by atoms with van der Waals surface area (Å²) in [5.41, 5.74) is 6.15. The SMILES string of the molecule is O=C(OCC1c2ccccc2-c2ccccc21)N1C2CCC1c1sc(Br)nc1C2. The molecule has 1 aromatic heterocycles. The molecule has 1 amide bonds. The van der Waals surface area contributed by atoms with Crippen LogP contribution in [0.3, 0.4) is 0 Å². The maximum Gasteiger partial charge on any atom is 0.410 e. The van der Waals surface area contributed by atoms with Gasteiger partial charge in [-0.3, -0.25) is 4.90 Å². The smallest absolute Gasteiger partial charge is 0.410 e. The van der Waals surface area contributed by atoms with Crippen molar-refractivity contribution < 1.29 is 9.53 Å². The molecule has 2 aromatic carbocycles. The van der Waals surface area contributed by atoms with Crippen molar-refractivity contribution in [3.05, 3.63) is 74.1 Å². The third-order valence-electron chi connectivity index (χ3n) is 6.48. The molecule has 0 spiro atoms. The standard InChI is InChI=1S/C23H19BrN2O2S/c24-22-25-19-11-13-9-10-20(21(19)29-22)26(13)23(27)28-12-18-16-7-3-1-5-14(16)15-6-2-4-8-17(15)18/h1-8,13,18,20H,9-12H2. The van der Waals surface area contributed by atoms with Crippen LogP contribution in [0.4, 0.5) is 4.79 Å². The van der Waals surface area contributed by atoms with Crippen LogP contribution in [0.1, 0.15) is 46.5 Å². The van der Waals surface area contributed by atoms with Gasteiger partial charge in [-0.1, -0.05) is 48.5 Å². The topological polar surface area (TPSA) is 42.4 Å². The molecule has 3 aromatic rings. The maximum atomic E-state index is 13.1. The van der Waals surface area contributed by atoms with Gasteiger partial charge in [0.05, 0.1) is 16.6 Å². The number of benzene rings is 2. The number of thiazole rings is 1. The Kier molecular flexibility index (Phi) is 4.06. The Balaban J connectivity index is 1.25. The minimum Gasteiger partial charge on any atom is -0.448 e. The van der Waals surface area contributed by atoms with E-state index >= 15 is 0 Å². The molecule has 1 fully saturated rings. The van der Waals surface area contributed by atoms with Crippen molar-refractivity contribution in [1.82, 2.24) is 9.88 Å². The molecule has 6 heteroatoms. The van der Waals surface area contributed by atoms with Crippen LogP contribution in [0, 0.1) is 0 Å². The number of carbonyl (C=O) groups excluding carboxylic acids is 1. The Morgan fingerprint density at radius 1 is 1.10 bits per heavy atom. The average molecular weight is 467 g/mol. The molecule has 2 atom stereocenters.